The number of hydrogen-bond donors (Lipinski definition) is 1. The van der Waals surface area contributed by atoms with Crippen LogP contribution in [0, 0.1) is 13.8 Å². The summed E-state index contributed by atoms with van der Waals surface area (Å²) in [5, 5.41) is 2.64. The zero-order valence-electron chi connectivity index (χ0n) is 10.1. The molecule has 0 aliphatic heterocycles. The monoisotopic (exact) mass is 223 g/mol. The highest BCUT2D eigenvalue weighted by Gasteiger charge is 2.09. The number of hydrogen-bond acceptors (Lipinski definition) is 3. The maximum atomic E-state index is 11.0. The molecule has 88 valence electrons. The molecule has 0 atom stereocenters. The van der Waals surface area contributed by atoms with E-state index in [2.05, 4.69) is 16.1 Å². The number of rotatable bonds is 3. The Bertz CT molecular complexity index is 388. The van der Waals surface area contributed by atoms with Crippen LogP contribution in [0.3, 0.4) is 0 Å². The van der Waals surface area contributed by atoms with Crippen LogP contribution in [0.4, 0.5) is 4.79 Å². The highest BCUT2D eigenvalue weighted by atomic mass is 16.5. The summed E-state index contributed by atoms with van der Waals surface area (Å²) in [4.78, 5) is 11.0. The van der Waals surface area contributed by atoms with E-state index in [0.29, 0.717) is 6.54 Å². The quantitative estimate of drug-likeness (QED) is 0.854. The highest BCUT2D eigenvalue weighted by Crippen LogP contribution is 2.23. The minimum atomic E-state index is -0.443. The van der Waals surface area contributed by atoms with Crippen LogP contribution in [0.1, 0.15) is 16.7 Å². The molecule has 0 bridgehead atoms. The van der Waals surface area contributed by atoms with Crippen LogP contribution in [0.25, 0.3) is 0 Å². The van der Waals surface area contributed by atoms with Gasteiger partial charge in [-0.15, -0.1) is 0 Å². The van der Waals surface area contributed by atoms with Crippen LogP contribution < -0.4 is 10.1 Å². The summed E-state index contributed by atoms with van der Waals surface area (Å²) in [6, 6.07) is 4.00. The van der Waals surface area contributed by atoms with Crippen molar-refractivity contribution in [1.82, 2.24) is 5.32 Å². The Labute approximate surface area is 95.6 Å². The van der Waals surface area contributed by atoms with Crippen LogP contribution in [-0.4, -0.2) is 20.3 Å². The fourth-order valence-corrected chi connectivity index (χ4v) is 1.60. The molecular formula is C12H17NO3. The van der Waals surface area contributed by atoms with Gasteiger partial charge in [0.15, 0.2) is 0 Å². The number of alkyl carbamates (subject to hydrolysis) is 1. The fraction of sp³-hybridized carbons (Fsp3) is 0.417. The molecule has 0 aliphatic rings. The normalized spacial score (nSPS) is 9.75. The number of ether oxygens (including phenoxy) is 2. The summed E-state index contributed by atoms with van der Waals surface area (Å²) in [7, 11) is 2.96. The third kappa shape index (κ3) is 2.89. The topological polar surface area (TPSA) is 47.6 Å². The molecule has 0 saturated heterocycles. The number of carbonyl (C=O) groups is 1. The Morgan fingerprint density at radius 3 is 2.56 bits per heavy atom. The van der Waals surface area contributed by atoms with Crippen molar-refractivity contribution < 1.29 is 14.3 Å². The zero-order chi connectivity index (χ0) is 12.1. The number of benzene rings is 1. The first-order chi connectivity index (χ1) is 7.58. The van der Waals surface area contributed by atoms with Gasteiger partial charge in [0.1, 0.15) is 5.75 Å². The lowest BCUT2D eigenvalue weighted by Gasteiger charge is -2.13. The average molecular weight is 223 g/mol. The smallest absolute Gasteiger partial charge is 0.407 e. The van der Waals surface area contributed by atoms with Gasteiger partial charge in [-0.3, -0.25) is 0 Å². The first kappa shape index (κ1) is 12.4. The molecule has 1 aromatic carbocycles. The van der Waals surface area contributed by atoms with E-state index in [4.69, 9.17) is 4.74 Å². The molecule has 0 aromatic heterocycles. The third-order valence-electron chi connectivity index (χ3n) is 2.39. The summed E-state index contributed by atoms with van der Waals surface area (Å²) >= 11 is 0. The van der Waals surface area contributed by atoms with E-state index in [1.54, 1.807) is 7.11 Å². The molecule has 0 saturated carbocycles. The van der Waals surface area contributed by atoms with Crippen molar-refractivity contribution in [3.8, 4) is 5.75 Å². The Hall–Kier alpha value is -1.71. The summed E-state index contributed by atoms with van der Waals surface area (Å²) in [5.41, 5.74) is 3.20. The Kier molecular flexibility index (Phi) is 4.17. The van der Waals surface area contributed by atoms with Crippen LogP contribution in [0.5, 0.6) is 5.75 Å². The van der Waals surface area contributed by atoms with E-state index in [9.17, 15) is 4.79 Å². The lowest BCUT2D eigenvalue weighted by Crippen LogP contribution is -2.23. The van der Waals surface area contributed by atoms with E-state index >= 15 is 0 Å². The van der Waals surface area contributed by atoms with Gasteiger partial charge in [0.25, 0.3) is 0 Å². The SMILES string of the molecule is COC(=O)NCc1c(C)cc(C)cc1OC. The van der Waals surface area contributed by atoms with Crippen molar-refractivity contribution in [2.24, 2.45) is 0 Å². The lowest BCUT2D eigenvalue weighted by atomic mass is 10.0. The maximum Gasteiger partial charge on any atom is 0.407 e. The number of methoxy groups -OCH3 is 2. The lowest BCUT2D eigenvalue weighted by molar-refractivity contribution is 0.170. The second kappa shape index (κ2) is 5.39. The summed E-state index contributed by atoms with van der Waals surface area (Å²) in [5.74, 6) is 0.786. The molecule has 0 unspecified atom stereocenters. The molecule has 0 aliphatic carbocycles. The Morgan fingerprint density at radius 2 is 2.00 bits per heavy atom. The van der Waals surface area contributed by atoms with Gasteiger partial charge in [0.05, 0.1) is 20.8 Å². The summed E-state index contributed by atoms with van der Waals surface area (Å²) < 4.78 is 9.80. The van der Waals surface area contributed by atoms with Gasteiger partial charge >= 0.3 is 6.09 Å². The van der Waals surface area contributed by atoms with Crippen molar-refractivity contribution >= 4 is 6.09 Å². The molecule has 4 heteroatoms. The first-order valence-corrected chi connectivity index (χ1v) is 5.04. The van der Waals surface area contributed by atoms with Gasteiger partial charge in [-0.25, -0.2) is 4.79 Å². The largest absolute Gasteiger partial charge is 0.496 e. The first-order valence-electron chi connectivity index (χ1n) is 5.04. The van der Waals surface area contributed by atoms with Crippen LogP contribution in [0.15, 0.2) is 12.1 Å². The van der Waals surface area contributed by atoms with Crippen molar-refractivity contribution in [3.05, 3.63) is 28.8 Å². The standard InChI is InChI=1S/C12H17NO3/c1-8-5-9(2)10(11(6-8)15-3)7-13-12(14)16-4/h5-6H,7H2,1-4H3,(H,13,14). The molecule has 1 rings (SSSR count). The number of nitrogens with one attached hydrogen (secondary N) is 1. The van der Waals surface area contributed by atoms with Crippen molar-refractivity contribution in [3.63, 3.8) is 0 Å². The number of carbonyl (C=O) groups excluding carboxylic acids is 1. The second-order valence-electron chi connectivity index (χ2n) is 3.61. The van der Waals surface area contributed by atoms with Crippen LogP contribution in [-0.2, 0) is 11.3 Å². The Morgan fingerprint density at radius 1 is 1.31 bits per heavy atom. The summed E-state index contributed by atoms with van der Waals surface area (Å²) in [6.07, 6.45) is -0.443. The van der Waals surface area contributed by atoms with E-state index in [0.717, 1.165) is 22.4 Å². The molecule has 16 heavy (non-hydrogen) atoms. The van der Waals surface area contributed by atoms with Gasteiger partial charge in [0, 0.05) is 5.56 Å². The highest BCUT2D eigenvalue weighted by molar-refractivity contribution is 5.67. The maximum absolute atomic E-state index is 11.0. The van der Waals surface area contributed by atoms with Gasteiger partial charge in [0.2, 0.25) is 0 Å². The molecule has 0 radical (unpaired) electrons. The van der Waals surface area contributed by atoms with E-state index in [1.165, 1.54) is 7.11 Å². The van der Waals surface area contributed by atoms with Gasteiger partial charge in [-0.05, 0) is 31.0 Å². The van der Waals surface area contributed by atoms with Gasteiger partial charge < -0.3 is 14.8 Å². The molecule has 4 nitrogen and oxygen atoms in total. The predicted molar refractivity (Wildman–Crippen MR) is 61.7 cm³/mol. The van der Waals surface area contributed by atoms with E-state index < -0.39 is 6.09 Å². The zero-order valence-corrected chi connectivity index (χ0v) is 10.1. The minimum absolute atomic E-state index is 0.405. The molecular weight excluding hydrogens is 206 g/mol. The molecule has 1 amide bonds. The van der Waals surface area contributed by atoms with Gasteiger partial charge in [-0.1, -0.05) is 6.07 Å². The summed E-state index contributed by atoms with van der Waals surface area (Å²) in [6.45, 7) is 4.40. The van der Waals surface area contributed by atoms with Crippen molar-refractivity contribution in [2.45, 2.75) is 20.4 Å². The minimum Gasteiger partial charge on any atom is -0.496 e. The molecule has 1 N–H and O–H groups in total. The average Bonchev–Trinajstić information content (AvgIpc) is 2.26. The fourth-order valence-electron chi connectivity index (χ4n) is 1.60. The second-order valence-corrected chi connectivity index (χ2v) is 3.61. The van der Waals surface area contributed by atoms with Crippen LogP contribution in [0.2, 0.25) is 0 Å². The van der Waals surface area contributed by atoms with E-state index in [1.807, 2.05) is 19.9 Å². The van der Waals surface area contributed by atoms with Crippen molar-refractivity contribution in [2.75, 3.05) is 14.2 Å². The van der Waals surface area contributed by atoms with Crippen LogP contribution >= 0.6 is 0 Å². The Balaban J connectivity index is 2.89. The molecule has 0 spiro atoms. The number of aryl methyl sites for hydroxylation is 2. The molecule has 0 heterocycles. The number of amides is 1. The predicted octanol–water partition coefficient (Wildman–Crippen LogP) is 2.17. The van der Waals surface area contributed by atoms with Crippen molar-refractivity contribution in [1.29, 1.82) is 0 Å². The van der Waals surface area contributed by atoms with Gasteiger partial charge in [-0.2, -0.15) is 0 Å². The van der Waals surface area contributed by atoms with E-state index in [-0.39, 0.29) is 0 Å². The third-order valence-corrected chi connectivity index (χ3v) is 2.39. The molecule has 1 aromatic rings. The molecule has 0 fully saturated rings.